The molecule has 102 valence electrons. The van der Waals surface area contributed by atoms with E-state index in [0.29, 0.717) is 13.1 Å². The van der Waals surface area contributed by atoms with E-state index in [2.05, 4.69) is 9.97 Å². The van der Waals surface area contributed by atoms with Crippen LogP contribution in [0.1, 0.15) is 11.3 Å². The second-order valence-electron chi connectivity index (χ2n) is 4.46. The first-order valence-electron chi connectivity index (χ1n) is 6.17. The smallest absolute Gasteiger partial charge is 0.261 e. The molecule has 0 aliphatic carbocycles. The normalized spacial score (nSPS) is 13.2. The minimum atomic E-state index is -0.476. The van der Waals surface area contributed by atoms with Crippen LogP contribution in [0.15, 0.2) is 36.8 Å². The molecule has 0 unspecified atom stereocenters. The van der Waals surface area contributed by atoms with Crippen LogP contribution in [-0.2, 0) is 17.9 Å². The van der Waals surface area contributed by atoms with Crippen LogP contribution in [0, 0.1) is 5.82 Å². The van der Waals surface area contributed by atoms with Crippen LogP contribution in [0.5, 0.6) is 5.75 Å². The first-order valence-corrected chi connectivity index (χ1v) is 6.17. The number of aromatic nitrogens is 2. The highest BCUT2D eigenvalue weighted by Gasteiger charge is 2.24. The molecular formula is C14H12FN3O2. The number of rotatable bonds is 3. The maximum atomic E-state index is 13.4. The number of nitrogens with zero attached hydrogens (tertiary/aromatic N) is 3. The summed E-state index contributed by atoms with van der Waals surface area (Å²) in [6.07, 6.45) is 3.16. The highest BCUT2D eigenvalue weighted by Crippen LogP contribution is 2.20. The van der Waals surface area contributed by atoms with E-state index in [9.17, 15) is 9.18 Å². The first-order chi connectivity index (χ1) is 9.74. The second-order valence-corrected chi connectivity index (χ2v) is 4.46. The Bertz CT molecular complexity index is 623. The fraction of sp³-hybridized carbons (Fsp3) is 0.214. The monoisotopic (exact) mass is 273 g/mol. The summed E-state index contributed by atoms with van der Waals surface area (Å²) in [5.74, 6) is -0.598. The number of benzene rings is 1. The van der Waals surface area contributed by atoms with Crippen LogP contribution in [-0.4, -0.2) is 27.4 Å². The molecule has 1 aliphatic rings. The lowest BCUT2D eigenvalue weighted by atomic mass is 10.3. The van der Waals surface area contributed by atoms with Crippen molar-refractivity contribution < 1.29 is 13.9 Å². The van der Waals surface area contributed by atoms with Crippen molar-refractivity contribution in [2.75, 3.05) is 6.61 Å². The fourth-order valence-electron chi connectivity index (χ4n) is 2.07. The highest BCUT2D eigenvalue weighted by molar-refractivity contribution is 5.78. The summed E-state index contributed by atoms with van der Waals surface area (Å²) < 4.78 is 18.6. The van der Waals surface area contributed by atoms with E-state index in [0.717, 1.165) is 11.3 Å². The van der Waals surface area contributed by atoms with Crippen LogP contribution in [0.3, 0.4) is 0 Å². The molecule has 1 aromatic heterocycles. The summed E-state index contributed by atoms with van der Waals surface area (Å²) in [4.78, 5) is 21.7. The Morgan fingerprint density at radius 2 is 2.20 bits per heavy atom. The van der Waals surface area contributed by atoms with Gasteiger partial charge >= 0.3 is 0 Å². The van der Waals surface area contributed by atoms with Gasteiger partial charge in [-0.3, -0.25) is 4.79 Å². The molecule has 20 heavy (non-hydrogen) atoms. The quantitative estimate of drug-likeness (QED) is 0.851. The van der Waals surface area contributed by atoms with Crippen LogP contribution >= 0.6 is 0 Å². The van der Waals surface area contributed by atoms with Gasteiger partial charge in [-0.2, -0.15) is 0 Å². The van der Waals surface area contributed by atoms with E-state index in [1.165, 1.54) is 18.5 Å². The highest BCUT2D eigenvalue weighted by atomic mass is 19.1. The topological polar surface area (TPSA) is 55.3 Å². The number of ether oxygens (including phenoxy) is 1. The molecule has 3 rings (SSSR count). The lowest BCUT2D eigenvalue weighted by molar-refractivity contribution is -0.134. The summed E-state index contributed by atoms with van der Waals surface area (Å²) in [6.45, 7) is 0.718. The third-order valence-corrected chi connectivity index (χ3v) is 3.12. The third-order valence-electron chi connectivity index (χ3n) is 3.12. The lowest BCUT2D eigenvalue weighted by Gasteiger charge is -2.15. The molecule has 0 bridgehead atoms. The number of carbonyl (C=O) groups is 1. The van der Waals surface area contributed by atoms with Gasteiger partial charge in [0.2, 0.25) is 0 Å². The third kappa shape index (κ3) is 2.45. The molecular weight excluding hydrogens is 261 g/mol. The van der Waals surface area contributed by atoms with Gasteiger partial charge in [0, 0.05) is 18.3 Å². The van der Waals surface area contributed by atoms with Crippen molar-refractivity contribution in [2.45, 2.75) is 13.1 Å². The van der Waals surface area contributed by atoms with E-state index >= 15 is 0 Å². The van der Waals surface area contributed by atoms with Gasteiger partial charge in [0.15, 0.2) is 18.2 Å². The van der Waals surface area contributed by atoms with Crippen LogP contribution < -0.4 is 4.74 Å². The van der Waals surface area contributed by atoms with Crippen molar-refractivity contribution in [1.82, 2.24) is 14.9 Å². The molecule has 5 nitrogen and oxygen atoms in total. The SMILES string of the molecule is O=C(COc1ccccc1F)N1Cc2cncnc2C1. The van der Waals surface area contributed by atoms with Gasteiger partial charge < -0.3 is 9.64 Å². The van der Waals surface area contributed by atoms with Crippen molar-refractivity contribution >= 4 is 5.91 Å². The molecule has 1 aliphatic heterocycles. The second kappa shape index (κ2) is 5.24. The van der Waals surface area contributed by atoms with E-state index in [1.54, 1.807) is 23.2 Å². The van der Waals surface area contributed by atoms with E-state index in [4.69, 9.17) is 4.74 Å². The lowest BCUT2D eigenvalue weighted by Crippen LogP contribution is -2.30. The Hall–Kier alpha value is -2.50. The average Bonchev–Trinajstić information content (AvgIpc) is 2.90. The van der Waals surface area contributed by atoms with E-state index in [-0.39, 0.29) is 18.3 Å². The maximum Gasteiger partial charge on any atom is 0.261 e. The summed E-state index contributed by atoms with van der Waals surface area (Å²) in [5.41, 5.74) is 1.78. The number of hydrogen-bond acceptors (Lipinski definition) is 4. The standard InChI is InChI=1S/C14H12FN3O2/c15-11-3-1-2-4-13(11)20-8-14(19)18-6-10-5-16-9-17-12(10)7-18/h1-5,9H,6-8H2. The molecule has 0 fully saturated rings. The first kappa shape index (κ1) is 12.5. The summed E-state index contributed by atoms with van der Waals surface area (Å²) in [5, 5.41) is 0. The summed E-state index contributed by atoms with van der Waals surface area (Å²) >= 11 is 0. The molecule has 0 atom stereocenters. The molecule has 2 aromatic rings. The van der Waals surface area contributed by atoms with Gasteiger partial charge in [-0.1, -0.05) is 12.1 Å². The molecule has 6 heteroatoms. The Morgan fingerprint density at radius 3 is 3.00 bits per heavy atom. The Morgan fingerprint density at radius 1 is 1.35 bits per heavy atom. The number of para-hydroxylation sites is 1. The van der Waals surface area contributed by atoms with Gasteiger partial charge in [0.05, 0.1) is 12.2 Å². The van der Waals surface area contributed by atoms with E-state index in [1.807, 2.05) is 0 Å². The Labute approximate surface area is 115 Å². The number of halogens is 1. The Balaban J connectivity index is 1.61. The van der Waals surface area contributed by atoms with Gasteiger partial charge in [-0.05, 0) is 12.1 Å². The van der Waals surface area contributed by atoms with Gasteiger partial charge in [0.25, 0.3) is 5.91 Å². The zero-order valence-corrected chi connectivity index (χ0v) is 10.6. The summed E-state index contributed by atoms with van der Waals surface area (Å²) in [7, 11) is 0. The molecule has 1 amide bonds. The molecule has 2 heterocycles. The zero-order valence-electron chi connectivity index (χ0n) is 10.6. The van der Waals surface area contributed by atoms with Gasteiger partial charge in [0.1, 0.15) is 6.33 Å². The van der Waals surface area contributed by atoms with Gasteiger partial charge in [-0.15, -0.1) is 0 Å². The predicted octanol–water partition coefficient (Wildman–Crippen LogP) is 1.54. The minimum absolute atomic E-state index is 0.0809. The fourth-order valence-corrected chi connectivity index (χ4v) is 2.07. The van der Waals surface area contributed by atoms with Crippen molar-refractivity contribution in [3.8, 4) is 5.75 Å². The minimum Gasteiger partial charge on any atom is -0.481 e. The number of fused-ring (bicyclic) bond motifs is 1. The van der Waals surface area contributed by atoms with Gasteiger partial charge in [-0.25, -0.2) is 14.4 Å². The van der Waals surface area contributed by atoms with Crippen molar-refractivity contribution in [3.63, 3.8) is 0 Å². The molecule has 0 saturated heterocycles. The number of carbonyl (C=O) groups excluding carboxylic acids is 1. The number of hydrogen-bond donors (Lipinski definition) is 0. The molecule has 0 spiro atoms. The van der Waals surface area contributed by atoms with E-state index < -0.39 is 5.82 Å². The molecule has 0 N–H and O–H groups in total. The van der Waals surface area contributed by atoms with Crippen molar-refractivity contribution in [1.29, 1.82) is 0 Å². The maximum absolute atomic E-state index is 13.4. The molecule has 1 aromatic carbocycles. The Kier molecular flexibility index (Phi) is 3.28. The van der Waals surface area contributed by atoms with Crippen molar-refractivity contribution in [3.05, 3.63) is 53.9 Å². The number of amides is 1. The zero-order chi connectivity index (χ0) is 13.9. The van der Waals surface area contributed by atoms with Crippen LogP contribution in [0.2, 0.25) is 0 Å². The summed E-state index contributed by atoms with van der Waals surface area (Å²) in [6, 6.07) is 6.01. The molecule has 0 radical (unpaired) electrons. The molecule has 0 saturated carbocycles. The predicted molar refractivity (Wildman–Crippen MR) is 68.2 cm³/mol. The van der Waals surface area contributed by atoms with Crippen LogP contribution in [0.25, 0.3) is 0 Å². The largest absolute Gasteiger partial charge is 0.481 e. The van der Waals surface area contributed by atoms with Crippen LogP contribution in [0.4, 0.5) is 4.39 Å². The van der Waals surface area contributed by atoms with Crippen molar-refractivity contribution in [2.24, 2.45) is 0 Å². The average molecular weight is 273 g/mol.